The van der Waals surface area contributed by atoms with E-state index in [0.29, 0.717) is 18.1 Å². The van der Waals surface area contributed by atoms with Crippen molar-refractivity contribution in [1.82, 2.24) is 9.80 Å². The first kappa shape index (κ1) is 19.2. The summed E-state index contributed by atoms with van der Waals surface area (Å²) in [6.45, 7) is 6.95. The molecule has 0 aromatic carbocycles. The number of aliphatic hydroxyl groups excluding tert-OH is 1. The van der Waals surface area contributed by atoms with Crippen molar-refractivity contribution in [3.05, 3.63) is 35.0 Å². The van der Waals surface area contributed by atoms with Crippen LogP contribution < -0.4 is 0 Å². The summed E-state index contributed by atoms with van der Waals surface area (Å²) in [5.74, 6) is 0.240. The second kappa shape index (κ2) is 7.87. The van der Waals surface area contributed by atoms with Crippen LogP contribution in [0.3, 0.4) is 0 Å². The van der Waals surface area contributed by atoms with Crippen LogP contribution in [0.4, 0.5) is 0 Å². The number of ketones is 1. The number of rotatable bonds is 8. The van der Waals surface area contributed by atoms with Crippen LogP contribution in [0, 0.1) is 12.8 Å². The van der Waals surface area contributed by atoms with Crippen LogP contribution in [0.5, 0.6) is 0 Å². The van der Waals surface area contributed by atoms with Crippen LogP contribution in [0.2, 0.25) is 0 Å². The normalized spacial score (nSPS) is 18.1. The molecule has 1 aromatic rings. The second-order valence-electron chi connectivity index (χ2n) is 7.29. The van der Waals surface area contributed by atoms with Gasteiger partial charge in [-0.2, -0.15) is 0 Å². The molecule has 1 aliphatic rings. The van der Waals surface area contributed by atoms with E-state index < -0.39 is 17.7 Å². The zero-order valence-electron chi connectivity index (χ0n) is 15.7. The molecule has 0 radical (unpaired) electrons. The maximum atomic E-state index is 12.7. The Kier molecular flexibility index (Phi) is 6.06. The molecule has 25 heavy (non-hydrogen) atoms. The monoisotopic (exact) mass is 348 g/mol. The molecule has 1 amide bonds. The number of hydrogen-bond acceptors (Lipinski definition) is 5. The van der Waals surface area contributed by atoms with Crippen molar-refractivity contribution in [2.24, 2.45) is 5.92 Å². The molecule has 2 heterocycles. The lowest BCUT2D eigenvalue weighted by Crippen LogP contribution is -2.33. The molecule has 1 unspecified atom stereocenters. The molecule has 0 bridgehead atoms. The number of carbonyl (C=O) groups excluding carboxylic acids is 2. The molecule has 1 aliphatic heterocycles. The number of aryl methyl sites for hydroxylation is 1. The van der Waals surface area contributed by atoms with E-state index in [1.54, 1.807) is 17.0 Å². The van der Waals surface area contributed by atoms with E-state index in [1.165, 1.54) is 0 Å². The zero-order valence-corrected chi connectivity index (χ0v) is 15.7. The maximum absolute atomic E-state index is 12.7. The van der Waals surface area contributed by atoms with Gasteiger partial charge in [-0.25, -0.2) is 0 Å². The Morgan fingerprint density at radius 2 is 2.04 bits per heavy atom. The predicted octanol–water partition coefficient (Wildman–Crippen LogP) is 2.85. The molecular formula is C19H28N2O4. The molecule has 0 spiro atoms. The van der Waals surface area contributed by atoms with Gasteiger partial charge in [0.25, 0.3) is 5.91 Å². The van der Waals surface area contributed by atoms with Crippen molar-refractivity contribution in [3.63, 3.8) is 0 Å². The topological polar surface area (TPSA) is 74.0 Å². The van der Waals surface area contributed by atoms with Gasteiger partial charge in [0.05, 0.1) is 5.57 Å². The van der Waals surface area contributed by atoms with Crippen LogP contribution in [0.1, 0.15) is 44.3 Å². The number of Topliss-reactive ketones (excluding diaryl/α,β-unsaturated/α-hetero) is 1. The van der Waals surface area contributed by atoms with Gasteiger partial charge in [-0.15, -0.1) is 0 Å². The fourth-order valence-electron chi connectivity index (χ4n) is 3.10. The van der Waals surface area contributed by atoms with Crippen LogP contribution in [0.25, 0.3) is 0 Å². The summed E-state index contributed by atoms with van der Waals surface area (Å²) in [6.07, 6.45) is 1.03. The number of amides is 1. The third-order valence-electron chi connectivity index (χ3n) is 4.23. The van der Waals surface area contributed by atoms with E-state index >= 15 is 0 Å². The van der Waals surface area contributed by atoms with Crippen molar-refractivity contribution in [1.29, 1.82) is 0 Å². The molecule has 1 N–H and O–H groups in total. The maximum Gasteiger partial charge on any atom is 0.290 e. The summed E-state index contributed by atoms with van der Waals surface area (Å²) in [6, 6.07) is 2.93. The summed E-state index contributed by atoms with van der Waals surface area (Å²) in [5.41, 5.74) is 0.165. The summed E-state index contributed by atoms with van der Waals surface area (Å²) in [4.78, 5) is 28.8. The minimum absolute atomic E-state index is 0.143. The first-order chi connectivity index (χ1) is 11.7. The van der Waals surface area contributed by atoms with Crippen molar-refractivity contribution < 1.29 is 19.1 Å². The number of aliphatic hydroxyl groups is 1. The van der Waals surface area contributed by atoms with Gasteiger partial charge in [0.15, 0.2) is 11.5 Å². The molecule has 0 saturated carbocycles. The Hall–Kier alpha value is -2.08. The van der Waals surface area contributed by atoms with Crippen LogP contribution in [0.15, 0.2) is 27.9 Å². The average Bonchev–Trinajstić information content (AvgIpc) is 3.02. The highest BCUT2D eigenvalue weighted by Crippen LogP contribution is 2.39. The SMILES string of the molecule is Cc1ccc(C2C(C(=O)CC(C)C)=C(O)C(=O)N2CCCN(C)C)o1. The van der Waals surface area contributed by atoms with Gasteiger partial charge >= 0.3 is 0 Å². The number of furan rings is 1. The fraction of sp³-hybridized carbons (Fsp3) is 0.579. The third-order valence-corrected chi connectivity index (χ3v) is 4.23. The van der Waals surface area contributed by atoms with E-state index in [-0.39, 0.29) is 23.7 Å². The Bertz CT molecular complexity index is 673. The lowest BCUT2D eigenvalue weighted by Gasteiger charge is -2.25. The smallest absolute Gasteiger partial charge is 0.290 e. The Morgan fingerprint density at radius 1 is 1.36 bits per heavy atom. The van der Waals surface area contributed by atoms with E-state index in [9.17, 15) is 14.7 Å². The highest BCUT2D eigenvalue weighted by molar-refractivity contribution is 6.08. The van der Waals surface area contributed by atoms with Gasteiger partial charge in [-0.1, -0.05) is 13.8 Å². The van der Waals surface area contributed by atoms with Crippen LogP contribution in [-0.2, 0) is 9.59 Å². The summed E-state index contributed by atoms with van der Waals surface area (Å²) in [7, 11) is 3.93. The summed E-state index contributed by atoms with van der Waals surface area (Å²) < 4.78 is 5.71. The van der Waals surface area contributed by atoms with Gasteiger partial charge in [-0.3, -0.25) is 9.59 Å². The standard InChI is InChI=1S/C19H28N2O4/c1-12(2)11-14(22)16-17(15-8-7-13(3)25-15)21(19(24)18(16)23)10-6-9-20(4)5/h7-8,12,17,23H,6,9-11H2,1-5H3. The molecule has 0 fully saturated rings. The quantitative estimate of drug-likeness (QED) is 0.782. The largest absolute Gasteiger partial charge is 0.503 e. The first-order valence-electron chi connectivity index (χ1n) is 8.70. The van der Waals surface area contributed by atoms with Gasteiger partial charge in [-0.05, 0) is 52.0 Å². The predicted molar refractivity (Wildman–Crippen MR) is 95.2 cm³/mol. The molecule has 2 rings (SSSR count). The molecule has 1 atom stereocenters. The molecule has 6 nitrogen and oxygen atoms in total. The minimum Gasteiger partial charge on any atom is -0.503 e. The van der Waals surface area contributed by atoms with E-state index in [1.807, 2.05) is 39.8 Å². The van der Waals surface area contributed by atoms with Gasteiger partial charge in [0.2, 0.25) is 0 Å². The van der Waals surface area contributed by atoms with Crippen LogP contribution in [-0.4, -0.2) is 53.8 Å². The molecule has 6 heteroatoms. The van der Waals surface area contributed by atoms with E-state index in [2.05, 4.69) is 0 Å². The molecule has 138 valence electrons. The van der Waals surface area contributed by atoms with E-state index in [0.717, 1.165) is 13.0 Å². The Labute approximate surface area is 149 Å². The summed E-state index contributed by atoms with van der Waals surface area (Å²) >= 11 is 0. The highest BCUT2D eigenvalue weighted by Gasteiger charge is 2.44. The summed E-state index contributed by atoms with van der Waals surface area (Å²) in [5, 5.41) is 10.4. The van der Waals surface area contributed by atoms with Gasteiger partial charge in [0.1, 0.15) is 17.6 Å². The van der Waals surface area contributed by atoms with Gasteiger partial charge < -0.3 is 19.3 Å². The molecule has 1 aromatic heterocycles. The average molecular weight is 348 g/mol. The number of nitrogens with zero attached hydrogens (tertiary/aromatic N) is 2. The number of carbonyl (C=O) groups is 2. The third kappa shape index (κ3) is 4.31. The lowest BCUT2D eigenvalue weighted by atomic mass is 9.95. The van der Waals surface area contributed by atoms with Crippen LogP contribution >= 0.6 is 0 Å². The Balaban J connectivity index is 2.34. The minimum atomic E-state index is -0.644. The van der Waals surface area contributed by atoms with Crippen molar-refractivity contribution in [2.75, 3.05) is 27.2 Å². The zero-order chi connectivity index (χ0) is 18.7. The molecular weight excluding hydrogens is 320 g/mol. The second-order valence-corrected chi connectivity index (χ2v) is 7.29. The van der Waals surface area contributed by atoms with Crippen molar-refractivity contribution in [3.8, 4) is 0 Å². The van der Waals surface area contributed by atoms with E-state index in [4.69, 9.17) is 4.42 Å². The number of hydrogen-bond donors (Lipinski definition) is 1. The Morgan fingerprint density at radius 3 is 2.56 bits per heavy atom. The van der Waals surface area contributed by atoms with Crippen molar-refractivity contribution in [2.45, 2.75) is 39.7 Å². The van der Waals surface area contributed by atoms with Crippen molar-refractivity contribution >= 4 is 11.7 Å². The lowest BCUT2D eigenvalue weighted by molar-refractivity contribution is -0.129. The molecule has 0 aliphatic carbocycles. The molecule has 0 saturated heterocycles. The first-order valence-corrected chi connectivity index (χ1v) is 8.70. The van der Waals surface area contributed by atoms with Gasteiger partial charge in [0, 0.05) is 13.0 Å². The fourth-order valence-corrected chi connectivity index (χ4v) is 3.10. The highest BCUT2D eigenvalue weighted by atomic mass is 16.3.